The normalized spacial score (nSPS) is 11.1. The van der Waals surface area contributed by atoms with Crippen LogP contribution in [-0.2, 0) is 0 Å². The fourth-order valence-corrected chi connectivity index (χ4v) is 1.68. The topological polar surface area (TPSA) is 9.23 Å². The number of benzene rings is 1. The molecule has 0 N–H and O–H groups in total. The summed E-state index contributed by atoms with van der Waals surface area (Å²) < 4.78 is 5.94. The van der Waals surface area contributed by atoms with Crippen LogP contribution in [0.5, 0.6) is 5.75 Å². The van der Waals surface area contributed by atoms with Crippen LogP contribution in [0.25, 0.3) is 6.08 Å². The Morgan fingerprint density at radius 1 is 1.40 bits per heavy atom. The number of hydrogen-bond donors (Lipinski definition) is 0. The number of hydrogen-bond acceptors (Lipinski definition) is 1. The van der Waals surface area contributed by atoms with Crippen LogP contribution in [0.2, 0.25) is 0 Å². The van der Waals surface area contributed by atoms with Crippen LogP contribution in [0.3, 0.4) is 0 Å². The van der Waals surface area contributed by atoms with E-state index in [0.29, 0.717) is 0 Å². The first-order chi connectivity index (χ1) is 7.07. The van der Waals surface area contributed by atoms with E-state index < -0.39 is 0 Å². The van der Waals surface area contributed by atoms with Crippen LogP contribution >= 0.6 is 0 Å². The van der Waals surface area contributed by atoms with Crippen LogP contribution in [0.1, 0.15) is 39.2 Å². The smallest absolute Gasteiger partial charge is 0.120 e. The summed E-state index contributed by atoms with van der Waals surface area (Å²) in [5.41, 5.74) is 1.01. The van der Waals surface area contributed by atoms with Gasteiger partial charge in [0.2, 0.25) is 0 Å². The maximum atomic E-state index is 5.94. The van der Waals surface area contributed by atoms with Gasteiger partial charge in [-0.3, -0.25) is 0 Å². The van der Waals surface area contributed by atoms with Gasteiger partial charge in [-0.25, -0.2) is 0 Å². The van der Waals surface area contributed by atoms with E-state index in [1.807, 2.05) is 30.3 Å². The van der Waals surface area contributed by atoms with Gasteiger partial charge in [-0.1, -0.05) is 38.1 Å². The van der Waals surface area contributed by atoms with E-state index in [9.17, 15) is 0 Å². The molecule has 0 aromatic heterocycles. The third kappa shape index (κ3) is 3.78. The van der Waals surface area contributed by atoms with Gasteiger partial charge in [0.05, 0.1) is 0 Å². The van der Waals surface area contributed by atoms with E-state index in [4.69, 9.17) is 4.74 Å². The summed E-state index contributed by atoms with van der Waals surface area (Å²) in [4.78, 5) is 0. The lowest BCUT2D eigenvalue weighted by Gasteiger charge is -2.26. The summed E-state index contributed by atoms with van der Waals surface area (Å²) in [5.74, 6) is 0.922. The standard InChI is InChI=1S/C14H20O/c1-5-10-14(3,4)15-13-9-7-8-12(6-2)11-13/h6-9,11H,2,5,10H2,1,3-4H3. The molecule has 0 fully saturated rings. The van der Waals surface area contributed by atoms with Crippen molar-refractivity contribution in [3.63, 3.8) is 0 Å². The molecule has 0 aliphatic heterocycles. The minimum atomic E-state index is -0.0887. The Bertz CT molecular complexity index is 326. The Hall–Kier alpha value is -1.24. The van der Waals surface area contributed by atoms with Gasteiger partial charge >= 0.3 is 0 Å². The van der Waals surface area contributed by atoms with Gasteiger partial charge in [-0.2, -0.15) is 0 Å². The molecule has 82 valence electrons. The highest BCUT2D eigenvalue weighted by Gasteiger charge is 2.18. The van der Waals surface area contributed by atoms with Gasteiger partial charge in [0.15, 0.2) is 0 Å². The molecule has 1 nitrogen and oxygen atoms in total. The van der Waals surface area contributed by atoms with Gasteiger partial charge in [0.25, 0.3) is 0 Å². The average Bonchev–Trinajstić information content (AvgIpc) is 2.17. The maximum Gasteiger partial charge on any atom is 0.120 e. The summed E-state index contributed by atoms with van der Waals surface area (Å²) >= 11 is 0. The Labute approximate surface area is 92.8 Å². The highest BCUT2D eigenvalue weighted by molar-refractivity contribution is 5.49. The van der Waals surface area contributed by atoms with Crippen LogP contribution < -0.4 is 4.74 Å². The molecule has 0 saturated carbocycles. The zero-order valence-electron chi connectivity index (χ0n) is 9.92. The second-order valence-corrected chi connectivity index (χ2v) is 4.39. The van der Waals surface area contributed by atoms with Crippen LogP contribution in [0.4, 0.5) is 0 Å². The summed E-state index contributed by atoms with van der Waals surface area (Å²) in [6.45, 7) is 10.2. The fraction of sp³-hybridized carbons (Fsp3) is 0.429. The van der Waals surface area contributed by atoms with Crippen molar-refractivity contribution in [2.75, 3.05) is 0 Å². The lowest BCUT2D eigenvalue weighted by atomic mass is 10.0. The third-order valence-electron chi connectivity index (χ3n) is 2.34. The monoisotopic (exact) mass is 204 g/mol. The van der Waals surface area contributed by atoms with E-state index in [-0.39, 0.29) is 5.60 Å². The molecule has 1 rings (SSSR count). The molecule has 0 heterocycles. The largest absolute Gasteiger partial charge is 0.488 e. The van der Waals surface area contributed by atoms with E-state index in [1.54, 1.807) is 0 Å². The van der Waals surface area contributed by atoms with Crippen molar-refractivity contribution in [3.05, 3.63) is 36.4 Å². The molecular weight excluding hydrogens is 184 g/mol. The lowest BCUT2D eigenvalue weighted by Crippen LogP contribution is -2.27. The first kappa shape index (κ1) is 11.8. The van der Waals surface area contributed by atoms with Crippen molar-refractivity contribution < 1.29 is 4.74 Å². The minimum absolute atomic E-state index is 0.0887. The highest BCUT2D eigenvalue weighted by atomic mass is 16.5. The molecule has 0 aliphatic rings. The SMILES string of the molecule is C=Cc1cccc(OC(C)(C)CCC)c1. The molecule has 1 heteroatoms. The second kappa shape index (κ2) is 5.01. The number of ether oxygens (including phenoxy) is 1. The van der Waals surface area contributed by atoms with Gasteiger partial charge in [0, 0.05) is 0 Å². The van der Waals surface area contributed by atoms with Crippen molar-refractivity contribution in [1.29, 1.82) is 0 Å². The molecule has 0 unspecified atom stereocenters. The predicted molar refractivity (Wildman–Crippen MR) is 66.1 cm³/mol. The molecule has 0 bridgehead atoms. The van der Waals surface area contributed by atoms with E-state index in [2.05, 4.69) is 27.4 Å². The molecule has 0 atom stereocenters. The lowest BCUT2D eigenvalue weighted by molar-refractivity contribution is 0.0986. The molecule has 0 aliphatic carbocycles. The van der Waals surface area contributed by atoms with Gasteiger partial charge < -0.3 is 4.74 Å². The Balaban J connectivity index is 2.75. The summed E-state index contributed by atoms with van der Waals surface area (Å²) in [5, 5.41) is 0. The van der Waals surface area contributed by atoms with Crippen LogP contribution in [-0.4, -0.2) is 5.60 Å². The third-order valence-corrected chi connectivity index (χ3v) is 2.34. The minimum Gasteiger partial charge on any atom is -0.488 e. The maximum absolute atomic E-state index is 5.94. The van der Waals surface area contributed by atoms with Crippen molar-refractivity contribution in [1.82, 2.24) is 0 Å². The highest BCUT2D eigenvalue weighted by Crippen LogP contribution is 2.23. The fourth-order valence-electron chi connectivity index (χ4n) is 1.68. The molecule has 1 aromatic rings. The molecular formula is C14H20O. The average molecular weight is 204 g/mol. The van der Waals surface area contributed by atoms with Gasteiger partial charge in [-0.15, -0.1) is 0 Å². The molecule has 15 heavy (non-hydrogen) atoms. The van der Waals surface area contributed by atoms with E-state index >= 15 is 0 Å². The Morgan fingerprint density at radius 2 is 2.13 bits per heavy atom. The van der Waals surface area contributed by atoms with Crippen molar-refractivity contribution in [2.24, 2.45) is 0 Å². The summed E-state index contributed by atoms with van der Waals surface area (Å²) in [6.07, 6.45) is 4.03. The first-order valence-electron chi connectivity index (χ1n) is 5.49. The van der Waals surface area contributed by atoms with E-state index in [0.717, 1.165) is 24.2 Å². The van der Waals surface area contributed by atoms with Crippen LogP contribution in [0.15, 0.2) is 30.8 Å². The summed E-state index contributed by atoms with van der Waals surface area (Å²) in [6, 6.07) is 8.02. The molecule has 1 aromatic carbocycles. The van der Waals surface area contributed by atoms with Crippen molar-refractivity contribution in [3.8, 4) is 5.75 Å². The molecule has 0 spiro atoms. The van der Waals surface area contributed by atoms with Crippen molar-refractivity contribution in [2.45, 2.75) is 39.2 Å². The van der Waals surface area contributed by atoms with Gasteiger partial charge in [0.1, 0.15) is 11.4 Å². The Kier molecular flexibility index (Phi) is 3.96. The number of rotatable bonds is 5. The summed E-state index contributed by atoms with van der Waals surface area (Å²) in [7, 11) is 0. The molecule has 0 radical (unpaired) electrons. The first-order valence-corrected chi connectivity index (χ1v) is 5.49. The van der Waals surface area contributed by atoms with Crippen molar-refractivity contribution >= 4 is 6.08 Å². The molecule has 0 amide bonds. The Morgan fingerprint density at radius 3 is 2.73 bits per heavy atom. The zero-order valence-corrected chi connectivity index (χ0v) is 9.92. The predicted octanol–water partition coefficient (Wildman–Crippen LogP) is 4.29. The quantitative estimate of drug-likeness (QED) is 0.695. The van der Waals surface area contributed by atoms with Crippen LogP contribution in [0, 0.1) is 0 Å². The molecule has 0 saturated heterocycles. The second-order valence-electron chi connectivity index (χ2n) is 4.39. The van der Waals surface area contributed by atoms with E-state index in [1.165, 1.54) is 0 Å². The zero-order chi connectivity index (χ0) is 11.3. The van der Waals surface area contributed by atoms with Gasteiger partial charge in [-0.05, 0) is 38.0 Å².